The summed E-state index contributed by atoms with van der Waals surface area (Å²) in [5.41, 5.74) is 6.09. The third kappa shape index (κ3) is 2.90. The highest BCUT2D eigenvalue weighted by atomic mass is 35.5. The Bertz CT molecular complexity index is 571. The smallest absolute Gasteiger partial charge is 0.182 e. The summed E-state index contributed by atoms with van der Waals surface area (Å²) in [5.74, 6) is 1.02. The number of benzene rings is 1. The van der Waals surface area contributed by atoms with Gasteiger partial charge in [-0.25, -0.2) is 8.42 Å². The summed E-state index contributed by atoms with van der Waals surface area (Å²) in [6.45, 7) is 4.31. The van der Waals surface area contributed by atoms with E-state index >= 15 is 0 Å². The highest BCUT2D eigenvalue weighted by Crippen LogP contribution is 2.37. The molecule has 1 saturated carbocycles. The van der Waals surface area contributed by atoms with Crippen LogP contribution in [-0.2, 0) is 9.84 Å². The third-order valence-corrected chi connectivity index (χ3v) is 6.95. The van der Waals surface area contributed by atoms with Gasteiger partial charge in [-0.15, -0.1) is 0 Å². The van der Waals surface area contributed by atoms with Gasteiger partial charge in [0.1, 0.15) is 0 Å². The minimum absolute atomic E-state index is 0.218. The van der Waals surface area contributed by atoms with E-state index in [1.807, 2.05) is 0 Å². The summed E-state index contributed by atoms with van der Waals surface area (Å²) >= 11 is 6.04. The predicted octanol–water partition coefficient (Wildman–Crippen LogP) is 3.52. The molecule has 0 heterocycles. The van der Waals surface area contributed by atoms with Gasteiger partial charge in [-0.3, -0.25) is 0 Å². The molecule has 1 aromatic carbocycles. The van der Waals surface area contributed by atoms with Crippen molar-refractivity contribution in [3.63, 3.8) is 0 Å². The van der Waals surface area contributed by atoms with Crippen LogP contribution < -0.4 is 5.73 Å². The normalized spacial score (nSPS) is 28.3. The molecule has 0 amide bonds. The molecule has 1 aromatic rings. The van der Waals surface area contributed by atoms with Crippen molar-refractivity contribution in [3.05, 3.63) is 23.2 Å². The lowest BCUT2D eigenvalue weighted by atomic mass is 9.81. The molecule has 0 bridgehead atoms. The molecule has 1 fully saturated rings. The number of rotatable bonds is 2. The molecule has 19 heavy (non-hydrogen) atoms. The Kier molecular flexibility index (Phi) is 4.11. The number of halogens is 1. The molecule has 0 aromatic heterocycles. The first-order valence-corrected chi connectivity index (χ1v) is 8.53. The fourth-order valence-corrected chi connectivity index (χ4v) is 5.17. The number of nitrogen functional groups attached to an aromatic ring is 1. The highest BCUT2D eigenvalue weighted by molar-refractivity contribution is 7.92. The molecule has 5 heteroatoms. The molecule has 0 radical (unpaired) electrons. The maximum Gasteiger partial charge on any atom is 0.182 e. The lowest BCUT2D eigenvalue weighted by Gasteiger charge is -2.31. The monoisotopic (exact) mass is 301 g/mol. The maximum atomic E-state index is 12.6. The van der Waals surface area contributed by atoms with Crippen molar-refractivity contribution in [2.24, 2.45) is 11.8 Å². The largest absolute Gasteiger partial charge is 0.399 e. The van der Waals surface area contributed by atoms with Crippen LogP contribution in [0.15, 0.2) is 23.1 Å². The van der Waals surface area contributed by atoms with Gasteiger partial charge in [-0.05, 0) is 49.3 Å². The van der Waals surface area contributed by atoms with Crippen LogP contribution in [0.3, 0.4) is 0 Å². The first kappa shape index (κ1) is 14.7. The molecule has 0 saturated heterocycles. The van der Waals surface area contributed by atoms with E-state index in [1.165, 1.54) is 12.1 Å². The van der Waals surface area contributed by atoms with Gasteiger partial charge in [0.2, 0.25) is 0 Å². The van der Waals surface area contributed by atoms with Crippen LogP contribution in [0.5, 0.6) is 0 Å². The summed E-state index contributed by atoms with van der Waals surface area (Å²) in [6, 6.07) is 4.62. The van der Waals surface area contributed by atoms with Crippen LogP contribution >= 0.6 is 11.6 Å². The number of hydrogen-bond donors (Lipinski definition) is 1. The van der Waals surface area contributed by atoms with Crippen LogP contribution in [0.2, 0.25) is 5.02 Å². The number of sulfone groups is 1. The molecule has 0 aliphatic heterocycles. The van der Waals surface area contributed by atoms with Gasteiger partial charge in [0.25, 0.3) is 0 Å². The van der Waals surface area contributed by atoms with Crippen molar-refractivity contribution in [3.8, 4) is 0 Å². The highest BCUT2D eigenvalue weighted by Gasteiger charge is 2.35. The topological polar surface area (TPSA) is 60.2 Å². The molecule has 0 spiro atoms. The van der Waals surface area contributed by atoms with Crippen molar-refractivity contribution in [2.45, 2.75) is 43.3 Å². The molecule has 106 valence electrons. The van der Waals surface area contributed by atoms with Crippen LogP contribution in [0.1, 0.15) is 33.1 Å². The van der Waals surface area contributed by atoms with Crippen LogP contribution in [0, 0.1) is 11.8 Å². The molecule has 2 rings (SSSR count). The minimum atomic E-state index is -3.35. The lowest BCUT2D eigenvalue weighted by molar-refractivity contribution is 0.278. The van der Waals surface area contributed by atoms with E-state index in [4.69, 9.17) is 17.3 Å². The number of hydrogen-bond acceptors (Lipinski definition) is 3. The quantitative estimate of drug-likeness (QED) is 0.850. The lowest BCUT2D eigenvalue weighted by Crippen LogP contribution is -2.31. The Morgan fingerprint density at radius 3 is 2.47 bits per heavy atom. The zero-order valence-corrected chi connectivity index (χ0v) is 12.8. The van der Waals surface area contributed by atoms with Crippen LogP contribution in [-0.4, -0.2) is 13.7 Å². The van der Waals surface area contributed by atoms with E-state index in [1.54, 1.807) is 6.07 Å². The molecule has 2 N–H and O–H groups in total. The van der Waals surface area contributed by atoms with Gasteiger partial charge in [0, 0.05) is 5.69 Å². The second-order valence-corrected chi connectivity index (χ2v) is 8.23. The summed E-state index contributed by atoms with van der Waals surface area (Å²) in [7, 11) is -3.35. The average Bonchev–Trinajstić information content (AvgIpc) is 2.32. The summed E-state index contributed by atoms with van der Waals surface area (Å²) in [5, 5.41) is -0.0916. The fourth-order valence-electron chi connectivity index (χ4n) is 2.71. The summed E-state index contributed by atoms with van der Waals surface area (Å²) in [4.78, 5) is 0.218. The second-order valence-electron chi connectivity index (χ2n) is 5.62. The van der Waals surface area contributed by atoms with Crippen molar-refractivity contribution >= 4 is 27.1 Å². The van der Waals surface area contributed by atoms with Crippen molar-refractivity contribution < 1.29 is 8.42 Å². The Morgan fingerprint density at radius 1 is 1.21 bits per heavy atom. The standard InChI is InChI=1S/C14H20ClNO2S/c1-9-3-5-12(7-10(9)2)19(17,18)14-6-4-11(16)8-13(14)15/h4,6,8-10,12H,3,5,7,16H2,1-2H3. The van der Waals surface area contributed by atoms with Crippen molar-refractivity contribution in [2.75, 3.05) is 5.73 Å². The molecular formula is C14H20ClNO2S. The van der Waals surface area contributed by atoms with Crippen molar-refractivity contribution in [1.29, 1.82) is 0 Å². The third-order valence-electron chi connectivity index (χ3n) is 4.25. The minimum Gasteiger partial charge on any atom is -0.399 e. The molecule has 3 nitrogen and oxygen atoms in total. The predicted molar refractivity (Wildman–Crippen MR) is 79.0 cm³/mol. The Morgan fingerprint density at radius 2 is 1.89 bits per heavy atom. The van der Waals surface area contributed by atoms with Gasteiger partial charge in [-0.1, -0.05) is 25.4 Å². The van der Waals surface area contributed by atoms with E-state index < -0.39 is 9.84 Å². The first-order valence-electron chi connectivity index (χ1n) is 6.61. The SMILES string of the molecule is CC1CCC(S(=O)(=O)c2ccc(N)cc2Cl)CC1C. The van der Waals surface area contributed by atoms with E-state index in [-0.39, 0.29) is 15.2 Å². The zero-order chi connectivity index (χ0) is 14.2. The average molecular weight is 302 g/mol. The number of nitrogens with two attached hydrogens (primary N) is 1. The molecule has 3 unspecified atom stereocenters. The molecule has 3 atom stereocenters. The molecule has 1 aliphatic rings. The molecule has 1 aliphatic carbocycles. The summed E-state index contributed by atoms with van der Waals surface area (Å²) in [6.07, 6.45) is 2.39. The Labute approximate surface area is 120 Å². The van der Waals surface area contributed by atoms with Crippen LogP contribution in [0.25, 0.3) is 0 Å². The zero-order valence-electron chi connectivity index (χ0n) is 11.3. The van der Waals surface area contributed by atoms with E-state index in [2.05, 4.69) is 13.8 Å². The van der Waals surface area contributed by atoms with Gasteiger partial charge in [0.05, 0.1) is 15.2 Å². The molecular weight excluding hydrogens is 282 g/mol. The van der Waals surface area contributed by atoms with E-state index in [9.17, 15) is 8.42 Å². The number of anilines is 1. The van der Waals surface area contributed by atoms with Gasteiger partial charge < -0.3 is 5.73 Å². The Balaban J connectivity index is 2.32. The van der Waals surface area contributed by atoms with Gasteiger partial charge >= 0.3 is 0 Å². The Hall–Kier alpha value is -0.740. The second kappa shape index (κ2) is 5.33. The van der Waals surface area contributed by atoms with Gasteiger partial charge in [0.15, 0.2) is 9.84 Å². The van der Waals surface area contributed by atoms with Crippen LogP contribution in [0.4, 0.5) is 5.69 Å². The van der Waals surface area contributed by atoms with E-state index in [0.29, 0.717) is 30.4 Å². The first-order chi connectivity index (χ1) is 8.82. The fraction of sp³-hybridized carbons (Fsp3) is 0.571. The summed E-state index contributed by atoms with van der Waals surface area (Å²) < 4.78 is 25.3. The maximum absolute atomic E-state index is 12.6. The van der Waals surface area contributed by atoms with E-state index in [0.717, 1.165) is 6.42 Å². The van der Waals surface area contributed by atoms with Crippen molar-refractivity contribution in [1.82, 2.24) is 0 Å². The van der Waals surface area contributed by atoms with Gasteiger partial charge in [-0.2, -0.15) is 0 Å².